The van der Waals surface area contributed by atoms with Gasteiger partial charge in [0, 0.05) is 26.2 Å². The van der Waals surface area contributed by atoms with Gasteiger partial charge < -0.3 is 15.1 Å². The number of benzene rings is 1. The van der Waals surface area contributed by atoms with Crippen molar-refractivity contribution in [2.45, 2.75) is 13.5 Å². The minimum absolute atomic E-state index is 0.103. The van der Waals surface area contributed by atoms with Crippen LogP contribution < -0.4 is 5.32 Å². The van der Waals surface area contributed by atoms with Crippen LogP contribution in [0.5, 0.6) is 0 Å². The van der Waals surface area contributed by atoms with E-state index < -0.39 is 0 Å². The number of hydrogen-bond donors (Lipinski definition) is 1. The summed E-state index contributed by atoms with van der Waals surface area (Å²) in [5.41, 5.74) is 1.47. The summed E-state index contributed by atoms with van der Waals surface area (Å²) in [6.45, 7) is 4.84. The van der Waals surface area contributed by atoms with Crippen LogP contribution in [-0.2, 0) is 6.54 Å². The molecule has 1 aromatic carbocycles. The first-order chi connectivity index (χ1) is 11.6. The highest BCUT2D eigenvalue weighted by Gasteiger charge is 2.16. The molecule has 0 radical (unpaired) electrons. The van der Waals surface area contributed by atoms with Crippen LogP contribution in [0.2, 0.25) is 0 Å². The van der Waals surface area contributed by atoms with Crippen LogP contribution >= 0.6 is 0 Å². The van der Waals surface area contributed by atoms with E-state index in [0.29, 0.717) is 24.6 Å². The highest BCUT2D eigenvalue weighted by Crippen LogP contribution is 2.09. The fourth-order valence-electron chi connectivity index (χ4n) is 2.24. The van der Waals surface area contributed by atoms with E-state index in [9.17, 15) is 4.79 Å². The van der Waals surface area contributed by atoms with Gasteiger partial charge in [-0.15, -0.1) is 10.2 Å². The lowest BCUT2D eigenvalue weighted by atomic mass is 10.2. The van der Waals surface area contributed by atoms with Gasteiger partial charge in [0.1, 0.15) is 5.82 Å². The number of carbonyl (C=O) groups excluding carboxylic acids is 1. The van der Waals surface area contributed by atoms with E-state index in [1.165, 1.54) is 0 Å². The summed E-state index contributed by atoms with van der Waals surface area (Å²) < 4.78 is 0. The Morgan fingerprint density at radius 3 is 2.42 bits per heavy atom. The van der Waals surface area contributed by atoms with Crippen LogP contribution in [0.3, 0.4) is 0 Å². The standard InChI is InChI=1S/C18H25N5O/c1-4-23(14-15-8-6-5-7-9-15)18(24)16-10-11-17(21-20-16)19-12-13-22(2)3/h5-11H,4,12-14H2,1-3H3,(H,19,21). The summed E-state index contributed by atoms with van der Waals surface area (Å²) in [5, 5.41) is 11.3. The van der Waals surface area contributed by atoms with Gasteiger partial charge in [0.15, 0.2) is 5.69 Å². The molecule has 1 N–H and O–H groups in total. The fourth-order valence-corrected chi connectivity index (χ4v) is 2.24. The fraction of sp³-hybridized carbons (Fsp3) is 0.389. The van der Waals surface area contributed by atoms with Gasteiger partial charge >= 0.3 is 0 Å². The molecule has 0 bridgehead atoms. The van der Waals surface area contributed by atoms with E-state index in [0.717, 1.165) is 18.7 Å². The predicted octanol–water partition coefficient (Wildman–Crippen LogP) is 2.11. The number of aromatic nitrogens is 2. The van der Waals surface area contributed by atoms with Gasteiger partial charge in [-0.05, 0) is 38.7 Å². The minimum atomic E-state index is -0.103. The Balaban J connectivity index is 1.97. The predicted molar refractivity (Wildman–Crippen MR) is 95.9 cm³/mol. The second-order valence-electron chi connectivity index (χ2n) is 5.84. The Morgan fingerprint density at radius 2 is 1.83 bits per heavy atom. The lowest BCUT2D eigenvalue weighted by Crippen LogP contribution is -2.31. The first-order valence-electron chi connectivity index (χ1n) is 8.15. The molecule has 0 saturated heterocycles. The van der Waals surface area contributed by atoms with Crippen molar-refractivity contribution in [1.82, 2.24) is 20.0 Å². The number of nitrogens with zero attached hydrogens (tertiary/aromatic N) is 4. The van der Waals surface area contributed by atoms with Crippen molar-refractivity contribution < 1.29 is 4.79 Å². The number of anilines is 1. The van der Waals surface area contributed by atoms with E-state index in [1.54, 1.807) is 17.0 Å². The van der Waals surface area contributed by atoms with Crippen molar-refractivity contribution in [2.75, 3.05) is 39.0 Å². The van der Waals surface area contributed by atoms with Crippen LogP contribution in [0, 0.1) is 0 Å². The van der Waals surface area contributed by atoms with Crippen molar-refractivity contribution in [3.8, 4) is 0 Å². The zero-order valence-corrected chi connectivity index (χ0v) is 14.6. The topological polar surface area (TPSA) is 61.4 Å². The number of nitrogens with one attached hydrogen (secondary N) is 1. The minimum Gasteiger partial charge on any atom is -0.367 e. The molecule has 2 rings (SSSR count). The maximum absolute atomic E-state index is 12.6. The van der Waals surface area contributed by atoms with Gasteiger partial charge in [-0.2, -0.15) is 0 Å². The molecule has 1 aromatic heterocycles. The van der Waals surface area contributed by atoms with Crippen LogP contribution in [0.4, 0.5) is 5.82 Å². The molecule has 6 nitrogen and oxygen atoms in total. The van der Waals surface area contributed by atoms with E-state index >= 15 is 0 Å². The lowest BCUT2D eigenvalue weighted by Gasteiger charge is -2.20. The third kappa shape index (κ3) is 5.31. The molecule has 0 aliphatic rings. The highest BCUT2D eigenvalue weighted by molar-refractivity contribution is 5.92. The van der Waals surface area contributed by atoms with E-state index in [1.807, 2.05) is 51.4 Å². The van der Waals surface area contributed by atoms with E-state index in [4.69, 9.17) is 0 Å². The summed E-state index contributed by atoms with van der Waals surface area (Å²) in [6.07, 6.45) is 0. The summed E-state index contributed by atoms with van der Waals surface area (Å²) >= 11 is 0. The molecular weight excluding hydrogens is 302 g/mol. The molecule has 0 aliphatic heterocycles. The number of hydrogen-bond acceptors (Lipinski definition) is 5. The van der Waals surface area contributed by atoms with Gasteiger partial charge in [0.25, 0.3) is 5.91 Å². The number of carbonyl (C=O) groups is 1. The highest BCUT2D eigenvalue weighted by atomic mass is 16.2. The average Bonchev–Trinajstić information content (AvgIpc) is 2.60. The normalized spacial score (nSPS) is 10.7. The Kier molecular flexibility index (Phi) is 6.69. The SMILES string of the molecule is CCN(Cc1ccccc1)C(=O)c1ccc(NCCN(C)C)nn1. The zero-order valence-electron chi connectivity index (χ0n) is 14.6. The van der Waals surface area contributed by atoms with Crippen molar-refractivity contribution in [1.29, 1.82) is 0 Å². The third-order valence-corrected chi connectivity index (χ3v) is 3.63. The van der Waals surface area contributed by atoms with Gasteiger partial charge in [-0.25, -0.2) is 0 Å². The first-order valence-corrected chi connectivity index (χ1v) is 8.15. The molecule has 1 heterocycles. The molecule has 0 saturated carbocycles. The summed E-state index contributed by atoms with van der Waals surface area (Å²) in [6, 6.07) is 13.5. The van der Waals surface area contributed by atoms with E-state index in [2.05, 4.69) is 20.4 Å². The van der Waals surface area contributed by atoms with Crippen LogP contribution in [0.25, 0.3) is 0 Å². The zero-order chi connectivity index (χ0) is 17.4. The summed E-state index contributed by atoms with van der Waals surface area (Å²) in [4.78, 5) is 16.4. The smallest absolute Gasteiger partial charge is 0.274 e. The lowest BCUT2D eigenvalue weighted by molar-refractivity contribution is 0.0745. The molecule has 0 unspecified atom stereocenters. The van der Waals surface area contributed by atoms with Crippen molar-refractivity contribution >= 4 is 11.7 Å². The maximum atomic E-state index is 12.6. The third-order valence-electron chi connectivity index (χ3n) is 3.63. The summed E-state index contributed by atoms with van der Waals surface area (Å²) in [5.74, 6) is 0.577. The molecular formula is C18H25N5O. The Morgan fingerprint density at radius 1 is 1.08 bits per heavy atom. The number of amides is 1. The van der Waals surface area contributed by atoms with Gasteiger partial charge in [0.2, 0.25) is 0 Å². The quantitative estimate of drug-likeness (QED) is 0.805. The molecule has 128 valence electrons. The van der Waals surface area contributed by atoms with Gasteiger partial charge in [-0.3, -0.25) is 4.79 Å². The second kappa shape index (κ2) is 8.98. The van der Waals surface area contributed by atoms with Gasteiger partial charge in [0.05, 0.1) is 0 Å². The second-order valence-corrected chi connectivity index (χ2v) is 5.84. The molecule has 0 spiro atoms. The molecule has 2 aromatic rings. The largest absolute Gasteiger partial charge is 0.367 e. The van der Waals surface area contributed by atoms with Gasteiger partial charge in [-0.1, -0.05) is 30.3 Å². The maximum Gasteiger partial charge on any atom is 0.274 e. The molecule has 24 heavy (non-hydrogen) atoms. The van der Waals surface area contributed by atoms with E-state index in [-0.39, 0.29) is 5.91 Å². The Hall–Kier alpha value is -2.47. The van der Waals surface area contributed by atoms with Crippen molar-refractivity contribution in [3.05, 3.63) is 53.7 Å². The Labute approximate surface area is 143 Å². The monoisotopic (exact) mass is 327 g/mol. The summed E-state index contributed by atoms with van der Waals surface area (Å²) in [7, 11) is 4.03. The van der Waals surface area contributed by atoms with Crippen LogP contribution in [0.1, 0.15) is 23.0 Å². The van der Waals surface area contributed by atoms with Crippen LogP contribution in [-0.4, -0.2) is 59.6 Å². The van der Waals surface area contributed by atoms with Crippen molar-refractivity contribution in [3.63, 3.8) is 0 Å². The molecule has 1 amide bonds. The molecule has 0 aliphatic carbocycles. The first kappa shape index (κ1) is 17.9. The molecule has 0 atom stereocenters. The van der Waals surface area contributed by atoms with Crippen molar-refractivity contribution in [2.24, 2.45) is 0 Å². The average molecular weight is 327 g/mol. The molecule has 6 heteroatoms. The molecule has 0 fully saturated rings. The van der Waals surface area contributed by atoms with Crippen LogP contribution in [0.15, 0.2) is 42.5 Å². The Bertz CT molecular complexity index is 628. The number of likely N-dealkylation sites (N-methyl/N-ethyl adjacent to an activating group) is 1. The number of rotatable bonds is 8.